The molecule has 0 heterocycles. The summed E-state index contributed by atoms with van der Waals surface area (Å²) in [5.41, 5.74) is 0. The zero-order chi connectivity index (χ0) is 12.9. The Morgan fingerprint density at radius 3 is 2.65 bits per heavy atom. The molecule has 0 aliphatic heterocycles. The molecule has 1 unspecified atom stereocenters. The van der Waals surface area contributed by atoms with Crippen LogP contribution in [-0.2, 0) is 10.0 Å². The predicted octanol–water partition coefficient (Wildman–Crippen LogP) is 1.32. The summed E-state index contributed by atoms with van der Waals surface area (Å²) in [7, 11) is -2.02. The van der Waals surface area contributed by atoms with Gasteiger partial charge in [0.05, 0.1) is 4.90 Å². The third-order valence-corrected chi connectivity index (χ3v) is 5.25. The van der Waals surface area contributed by atoms with E-state index >= 15 is 0 Å². The Kier molecular flexibility index (Phi) is 5.45. The van der Waals surface area contributed by atoms with E-state index in [0.29, 0.717) is 10.6 Å². The number of sulfonamides is 1. The van der Waals surface area contributed by atoms with Crippen molar-refractivity contribution in [1.82, 2.24) is 4.72 Å². The molecule has 0 aliphatic carbocycles. The standard InChI is InChI=1S/C11H17NO3S2/c1-9(7-13)8-16-10-5-3-4-6-11(10)17(14,15)12-2/h3-6,9,12-13H,7-8H2,1-2H3. The quantitative estimate of drug-likeness (QED) is 0.768. The Morgan fingerprint density at radius 1 is 1.41 bits per heavy atom. The second-order valence-electron chi connectivity index (χ2n) is 3.75. The molecule has 0 fully saturated rings. The van der Waals surface area contributed by atoms with Gasteiger partial charge < -0.3 is 5.11 Å². The van der Waals surface area contributed by atoms with Gasteiger partial charge in [0, 0.05) is 17.3 Å². The van der Waals surface area contributed by atoms with Crippen LogP contribution in [0.15, 0.2) is 34.1 Å². The highest BCUT2D eigenvalue weighted by molar-refractivity contribution is 8.00. The highest BCUT2D eigenvalue weighted by Gasteiger charge is 2.16. The number of hydrogen-bond acceptors (Lipinski definition) is 4. The topological polar surface area (TPSA) is 66.4 Å². The van der Waals surface area contributed by atoms with Crippen LogP contribution in [0.2, 0.25) is 0 Å². The van der Waals surface area contributed by atoms with Gasteiger partial charge in [0.2, 0.25) is 10.0 Å². The van der Waals surface area contributed by atoms with E-state index in [9.17, 15) is 8.42 Å². The van der Waals surface area contributed by atoms with Crippen molar-refractivity contribution in [1.29, 1.82) is 0 Å². The largest absolute Gasteiger partial charge is 0.396 e. The average molecular weight is 275 g/mol. The van der Waals surface area contributed by atoms with Gasteiger partial charge in [-0.3, -0.25) is 0 Å². The molecule has 2 N–H and O–H groups in total. The lowest BCUT2D eigenvalue weighted by molar-refractivity contribution is 0.250. The van der Waals surface area contributed by atoms with E-state index < -0.39 is 10.0 Å². The fourth-order valence-corrected chi connectivity index (χ4v) is 3.46. The summed E-state index contributed by atoms with van der Waals surface area (Å²) >= 11 is 1.44. The van der Waals surface area contributed by atoms with Crippen molar-refractivity contribution in [3.8, 4) is 0 Å². The van der Waals surface area contributed by atoms with Crippen LogP contribution in [-0.4, -0.2) is 32.9 Å². The summed E-state index contributed by atoms with van der Waals surface area (Å²) in [6.45, 7) is 2.02. The van der Waals surface area contributed by atoms with Gasteiger partial charge in [-0.05, 0) is 25.1 Å². The summed E-state index contributed by atoms with van der Waals surface area (Å²) in [5.74, 6) is 0.831. The number of rotatable bonds is 6. The molecular weight excluding hydrogens is 258 g/mol. The minimum atomic E-state index is -3.42. The van der Waals surface area contributed by atoms with Crippen molar-refractivity contribution < 1.29 is 13.5 Å². The summed E-state index contributed by atoms with van der Waals surface area (Å²) in [6, 6.07) is 6.86. The van der Waals surface area contributed by atoms with Gasteiger partial charge in [0.25, 0.3) is 0 Å². The molecule has 96 valence electrons. The number of aliphatic hydroxyl groups is 1. The number of thioether (sulfide) groups is 1. The van der Waals surface area contributed by atoms with E-state index in [2.05, 4.69) is 4.72 Å². The number of aliphatic hydroxyl groups excluding tert-OH is 1. The highest BCUT2D eigenvalue weighted by atomic mass is 32.2. The van der Waals surface area contributed by atoms with Crippen LogP contribution in [0.25, 0.3) is 0 Å². The molecule has 1 atom stereocenters. The fourth-order valence-electron chi connectivity index (χ4n) is 1.19. The first-order chi connectivity index (χ1) is 8.01. The van der Waals surface area contributed by atoms with Crippen LogP contribution in [0.1, 0.15) is 6.92 Å². The van der Waals surface area contributed by atoms with Crippen molar-refractivity contribution in [2.45, 2.75) is 16.7 Å². The monoisotopic (exact) mass is 275 g/mol. The van der Waals surface area contributed by atoms with Gasteiger partial charge in [-0.2, -0.15) is 0 Å². The van der Waals surface area contributed by atoms with Gasteiger partial charge >= 0.3 is 0 Å². The van der Waals surface area contributed by atoms with Crippen LogP contribution in [0, 0.1) is 5.92 Å². The molecule has 17 heavy (non-hydrogen) atoms. The zero-order valence-electron chi connectivity index (χ0n) is 9.88. The molecule has 0 spiro atoms. The Morgan fingerprint density at radius 2 is 2.06 bits per heavy atom. The van der Waals surface area contributed by atoms with E-state index in [4.69, 9.17) is 5.11 Å². The van der Waals surface area contributed by atoms with Gasteiger partial charge in [-0.25, -0.2) is 13.1 Å². The van der Waals surface area contributed by atoms with Crippen molar-refractivity contribution in [2.24, 2.45) is 5.92 Å². The normalized spacial score (nSPS) is 13.6. The molecule has 0 bridgehead atoms. The molecule has 1 aromatic carbocycles. The minimum Gasteiger partial charge on any atom is -0.396 e. The molecule has 4 nitrogen and oxygen atoms in total. The Bertz CT molecular complexity index is 460. The Hall–Kier alpha value is -0.560. The van der Waals surface area contributed by atoms with Crippen LogP contribution >= 0.6 is 11.8 Å². The smallest absolute Gasteiger partial charge is 0.241 e. The molecular formula is C11H17NO3S2. The molecule has 6 heteroatoms. The van der Waals surface area contributed by atoms with Gasteiger partial charge in [-0.1, -0.05) is 19.1 Å². The zero-order valence-corrected chi connectivity index (χ0v) is 11.5. The lowest BCUT2D eigenvalue weighted by Crippen LogP contribution is -2.19. The van der Waals surface area contributed by atoms with E-state index in [1.54, 1.807) is 24.3 Å². The first-order valence-electron chi connectivity index (χ1n) is 5.27. The molecule has 0 saturated heterocycles. The number of nitrogens with one attached hydrogen (secondary N) is 1. The summed E-state index contributed by atoms with van der Waals surface area (Å²) in [5, 5.41) is 8.94. The van der Waals surface area contributed by atoms with Crippen molar-refractivity contribution >= 4 is 21.8 Å². The first kappa shape index (κ1) is 14.5. The van der Waals surface area contributed by atoms with Gasteiger partial charge in [-0.15, -0.1) is 11.8 Å². The maximum atomic E-state index is 11.8. The van der Waals surface area contributed by atoms with Crippen molar-refractivity contribution in [2.75, 3.05) is 19.4 Å². The van der Waals surface area contributed by atoms with Crippen LogP contribution in [0.3, 0.4) is 0 Å². The Labute approximate surface area is 106 Å². The minimum absolute atomic E-state index is 0.105. The molecule has 0 aliphatic rings. The average Bonchev–Trinajstić information content (AvgIpc) is 2.36. The van der Waals surface area contributed by atoms with E-state index in [0.717, 1.165) is 0 Å². The lowest BCUT2D eigenvalue weighted by Gasteiger charge is -2.11. The van der Waals surface area contributed by atoms with Crippen molar-refractivity contribution in [3.05, 3.63) is 24.3 Å². The third-order valence-electron chi connectivity index (χ3n) is 2.24. The van der Waals surface area contributed by atoms with Gasteiger partial charge in [0.15, 0.2) is 0 Å². The SMILES string of the molecule is CNS(=O)(=O)c1ccccc1SCC(C)CO. The van der Waals surface area contributed by atoms with E-state index in [-0.39, 0.29) is 17.4 Å². The molecule has 0 saturated carbocycles. The molecule has 0 radical (unpaired) electrons. The molecule has 0 amide bonds. The number of hydrogen-bond donors (Lipinski definition) is 2. The molecule has 1 rings (SSSR count). The first-order valence-corrected chi connectivity index (χ1v) is 7.74. The second kappa shape index (κ2) is 6.39. The van der Waals surface area contributed by atoms with Crippen LogP contribution < -0.4 is 4.72 Å². The third kappa shape index (κ3) is 3.99. The van der Waals surface area contributed by atoms with E-state index in [1.165, 1.54) is 18.8 Å². The van der Waals surface area contributed by atoms with E-state index in [1.807, 2.05) is 6.92 Å². The van der Waals surface area contributed by atoms with Crippen molar-refractivity contribution in [3.63, 3.8) is 0 Å². The maximum absolute atomic E-state index is 11.8. The van der Waals surface area contributed by atoms with Crippen LogP contribution in [0.4, 0.5) is 0 Å². The fraction of sp³-hybridized carbons (Fsp3) is 0.455. The van der Waals surface area contributed by atoms with Crippen LogP contribution in [0.5, 0.6) is 0 Å². The number of benzene rings is 1. The Balaban J connectivity index is 2.93. The van der Waals surface area contributed by atoms with Gasteiger partial charge in [0.1, 0.15) is 0 Å². The maximum Gasteiger partial charge on any atom is 0.241 e. The summed E-state index contributed by atoms with van der Waals surface area (Å²) in [6.07, 6.45) is 0. The molecule has 1 aromatic rings. The highest BCUT2D eigenvalue weighted by Crippen LogP contribution is 2.27. The summed E-state index contributed by atoms with van der Waals surface area (Å²) < 4.78 is 25.8. The second-order valence-corrected chi connectivity index (χ2v) is 6.67. The molecule has 0 aromatic heterocycles. The predicted molar refractivity (Wildman–Crippen MR) is 69.7 cm³/mol. The lowest BCUT2D eigenvalue weighted by atomic mass is 10.2. The summed E-state index contributed by atoms with van der Waals surface area (Å²) in [4.78, 5) is 1.000.